The normalized spacial score (nSPS) is 21.1. The van der Waals surface area contributed by atoms with Gasteiger partial charge in [-0.15, -0.1) is 6.58 Å². The number of nitrogens with zero attached hydrogens (tertiary/aromatic N) is 1. The standard InChI is InChI=1S/C20H16F3NO2/c1-3-16(13-9-11-15(12-10-13)20(21,22)23)19(2)18(25)26-17(24-19)14-7-5-4-6-8-14/h3-12,16H,1H2,2H3/t16-,19+/m1/s1. The van der Waals surface area contributed by atoms with Gasteiger partial charge >= 0.3 is 12.1 Å². The third-order valence-corrected chi connectivity index (χ3v) is 4.40. The average molecular weight is 359 g/mol. The van der Waals surface area contributed by atoms with Gasteiger partial charge in [-0.05, 0) is 36.8 Å². The van der Waals surface area contributed by atoms with Crippen LogP contribution in [0.2, 0.25) is 0 Å². The van der Waals surface area contributed by atoms with Crippen LogP contribution in [-0.4, -0.2) is 17.4 Å². The van der Waals surface area contributed by atoms with Crippen LogP contribution in [0.3, 0.4) is 0 Å². The zero-order valence-corrected chi connectivity index (χ0v) is 14.0. The van der Waals surface area contributed by atoms with Crippen molar-refractivity contribution in [3.63, 3.8) is 0 Å². The summed E-state index contributed by atoms with van der Waals surface area (Å²) in [5, 5.41) is 0. The molecule has 0 fully saturated rings. The van der Waals surface area contributed by atoms with Gasteiger partial charge in [-0.25, -0.2) is 9.79 Å². The minimum absolute atomic E-state index is 0.192. The Hall–Kier alpha value is -2.89. The molecule has 0 N–H and O–H groups in total. The Morgan fingerprint density at radius 2 is 1.73 bits per heavy atom. The molecular formula is C20H16F3NO2. The Balaban J connectivity index is 1.97. The molecule has 0 saturated heterocycles. The van der Waals surface area contributed by atoms with Crippen LogP contribution in [0.25, 0.3) is 0 Å². The van der Waals surface area contributed by atoms with Gasteiger partial charge in [0.1, 0.15) is 0 Å². The maximum absolute atomic E-state index is 12.8. The second-order valence-electron chi connectivity index (χ2n) is 6.15. The molecule has 0 unspecified atom stereocenters. The quantitative estimate of drug-likeness (QED) is 0.584. The molecule has 2 atom stereocenters. The molecule has 134 valence electrons. The first-order valence-corrected chi connectivity index (χ1v) is 7.93. The van der Waals surface area contributed by atoms with Crippen molar-refractivity contribution in [3.05, 3.63) is 83.9 Å². The molecule has 3 rings (SSSR count). The zero-order valence-electron chi connectivity index (χ0n) is 14.0. The molecule has 6 heteroatoms. The minimum Gasteiger partial charge on any atom is -0.405 e. The van der Waals surface area contributed by atoms with Crippen LogP contribution in [-0.2, 0) is 15.7 Å². The lowest BCUT2D eigenvalue weighted by Crippen LogP contribution is -2.36. The smallest absolute Gasteiger partial charge is 0.405 e. The highest BCUT2D eigenvalue weighted by molar-refractivity contribution is 6.08. The molecule has 0 saturated carbocycles. The summed E-state index contributed by atoms with van der Waals surface area (Å²) in [7, 11) is 0. The molecular weight excluding hydrogens is 343 g/mol. The number of hydrogen-bond acceptors (Lipinski definition) is 3. The van der Waals surface area contributed by atoms with E-state index >= 15 is 0 Å². The number of carbonyl (C=O) groups is 1. The van der Waals surface area contributed by atoms with Crippen molar-refractivity contribution in [1.29, 1.82) is 0 Å². The van der Waals surface area contributed by atoms with E-state index in [0.717, 1.165) is 12.1 Å². The second-order valence-corrected chi connectivity index (χ2v) is 6.15. The monoisotopic (exact) mass is 359 g/mol. The van der Waals surface area contributed by atoms with Gasteiger partial charge in [-0.3, -0.25) is 0 Å². The summed E-state index contributed by atoms with van der Waals surface area (Å²) in [6.07, 6.45) is -2.92. The summed E-state index contributed by atoms with van der Waals surface area (Å²) in [6, 6.07) is 13.6. The molecule has 2 aromatic carbocycles. The fourth-order valence-electron chi connectivity index (χ4n) is 2.94. The lowest BCUT2D eigenvalue weighted by Gasteiger charge is -2.25. The predicted molar refractivity (Wildman–Crippen MR) is 91.9 cm³/mol. The van der Waals surface area contributed by atoms with Crippen molar-refractivity contribution in [3.8, 4) is 0 Å². The number of hydrogen-bond donors (Lipinski definition) is 0. The van der Waals surface area contributed by atoms with Crippen molar-refractivity contribution >= 4 is 11.9 Å². The van der Waals surface area contributed by atoms with Crippen molar-refractivity contribution in [2.45, 2.75) is 24.6 Å². The van der Waals surface area contributed by atoms with E-state index in [1.807, 2.05) is 6.07 Å². The predicted octanol–water partition coefficient (Wildman–Crippen LogP) is 4.74. The SMILES string of the molecule is C=C[C@H](c1ccc(C(F)(F)F)cc1)[C@]1(C)N=C(c2ccccc2)OC1=O. The van der Waals surface area contributed by atoms with Gasteiger partial charge in [0.15, 0.2) is 5.54 Å². The first-order valence-electron chi connectivity index (χ1n) is 7.93. The first-order chi connectivity index (χ1) is 12.3. The van der Waals surface area contributed by atoms with Crippen molar-refractivity contribution in [1.82, 2.24) is 0 Å². The Bertz CT molecular complexity index is 857. The number of ether oxygens (including phenoxy) is 1. The highest BCUT2D eigenvalue weighted by Gasteiger charge is 2.48. The van der Waals surface area contributed by atoms with Crippen LogP contribution < -0.4 is 0 Å². The topological polar surface area (TPSA) is 38.7 Å². The van der Waals surface area contributed by atoms with Crippen LogP contribution in [0.15, 0.2) is 72.2 Å². The Labute approximate surface area is 148 Å². The van der Waals surface area contributed by atoms with E-state index in [1.54, 1.807) is 31.2 Å². The molecule has 3 nitrogen and oxygen atoms in total. The van der Waals surface area contributed by atoms with Crippen LogP contribution in [0.4, 0.5) is 13.2 Å². The Morgan fingerprint density at radius 1 is 1.12 bits per heavy atom. The van der Waals surface area contributed by atoms with Crippen LogP contribution in [0, 0.1) is 0 Å². The zero-order chi connectivity index (χ0) is 18.9. The number of halogens is 3. The molecule has 0 aromatic heterocycles. The van der Waals surface area contributed by atoms with Crippen LogP contribution in [0.5, 0.6) is 0 Å². The van der Waals surface area contributed by atoms with Crippen LogP contribution >= 0.6 is 0 Å². The van der Waals surface area contributed by atoms with E-state index in [4.69, 9.17) is 4.74 Å². The maximum Gasteiger partial charge on any atom is 0.416 e. The highest BCUT2D eigenvalue weighted by Crippen LogP contribution is 2.39. The number of aliphatic imine (C=N–C) groups is 1. The molecule has 1 aliphatic heterocycles. The van der Waals surface area contributed by atoms with Crippen molar-refractivity contribution in [2.75, 3.05) is 0 Å². The van der Waals surface area contributed by atoms with Gasteiger partial charge in [-0.1, -0.05) is 36.4 Å². The molecule has 1 aliphatic rings. The van der Waals surface area contributed by atoms with Crippen LogP contribution in [0.1, 0.15) is 29.5 Å². The Kier molecular flexibility index (Phi) is 4.44. The highest BCUT2D eigenvalue weighted by atomic mass is 19.4. The number of cyclic esters (lactones) is 1. The van der Waals surface area contributed by atoms with Crippen molar-refractivity contribution < 1.29 is 22.7 Å². The lowest BCUT2D eigenvalue weighted by atomic mass is 9.81. The average Bonchev–Trinajstić information content (AvgIpc) is 2.92. The number of benzene rings is 2. The third kappa shape index (κ3) is 3.14. The molecule has 0 spiro atoms. The molecule has 0 bridgehead atoms. The summed E-state index contributed by atoms with van der Waals surface area (Å²) >= 11 is 0. The summed E-state index contributed by atoms with van der Waals surface area (Å²) in [4.78, 5) is 17.0. The van der Waals surface area contributed by atoms with E-state index in [-0.39, 0.29) is 5.90 Å². The summed E-state index contributed by atoms with van der Waals surface area (Å²) < 4.78 is 43.6. The Morgan fingerprint density at radius 3 is 2.27 bits per heavy atom. The van der Waals surface area contributed by atoms with Gasteiger partial charge in [0.2, 0.25) is 5.90 Å². The number of esters is 1. The fourth-order valence-corrected chi connectivity index (χ4v) is 2.94. The van der Waals surface area contributed by atoms with Gasteiger partial charge < -0.3 is 4.74 Å². The van der Waals surface area contributed by atoms with Gasteiger partial charge in [0, 0.05) is 11.5 Å². The van der Waals surface area contributed by atoms with E-state index in [0.29, 0.717) is 11.1 Å². The molecule has 0 aliphatic carbocycles. The molecule has 0 amide bonds. The second kappa shape index (κ2) is 6.44. The van der Waals surface area contributed by atoms with Gasteiger partial charge in [0.05, 0.1) is 5.56 Å². The van der Waals surface area contributed by atoms with E-state index in [1.165, 1.54) is 18.2 Å². The van der Waals surface area contributed by atoms with Gasteiger partial charge in [0.25, 0.3) is 0 Å². The maximum atomic E-state index is 12.8. The lowest BCUT2D eigenvalue weighted by molar-refractivity contribution is -0.139. The summed E-state index contributed by atoms with van der Waals surface area (Å²) in [6.45, 7) is 5.32. The largest absolute Gasteiger partial charge is 0.416 e. The summed E-state index contributed by atoms with van der Waals surface area (Å²) in [5.74, 6) is -1.00. The third-order valence-electron chi connectivity index (χ3n) is 4.40. The molecule has 26 heavy (non-hydrogen) atoms. The minimum atomic E-state index is -4.42. The van der Waals surface area contributed by atoms with E-state index in [9.17, 15) is 18.0 Å². The van der Waals surface area contributed by atoms with Gasteiger partial charge in [-0.2, -0.15) is 13.2 Å². The number of carbonyl (C=O) groups excluding carboxylic acids is 1. The molecule has 1 heterocycles. The number of alkyl halides is 3. The van der Waals surface area contributed by atoms with Crippen molar-refractivity contribution in [2.24, 2.45) is 4.99 Å². The first kappa shape index (κ1) is 17.9. The number of rotatable bonds is 4. The molecule has 2 aromatic rings. The van der Waals surface area contributed by atoms with E-state index < -0.39 is 29.2 Å². The fraction of sp³-hybridized carbons (Fsp3) is 0.200. The summed E-state index contributed by atoms with van der Waals surface area (Å²) in [5.41, 5.74) is -0.894. The molecule has 0 radical (unpaired) electrons. The van der Waals surface area contributed by atoms with E-state index in [2.05, 4.69) is 11.6 Å².